The van der Waals surface area contributed by atoms with Crippen LogP contribution in [0.2, 0.25) is 0 Å². The van der Waals surface area contributed by atoms with Crippen molar-refractivity contribution in [2.24, 2.45) is 0 Å². The van der Waals surface area contributed by atoms with Gasteiger partial charge in [-0.3, -0.25) is 0 Å². The van der Waals surface area contributed by atoms with Crippen molar-refractivity contribution in [3.63, 3.8) is 0 Å². The molecule has 0 atom stereocenters. The van der Waals surface area contributed by atoms with Crippen molar-refractivity contribution >= 4 is 11.9 Å². The predicted octanol–water partition coefficient (Wildman–Crippen LogP) is 2.50. The molecule has 1 aliphatic rings. The number of nitrogens with one attached hydrogen (secondary N) is 1. The van der Waals surface area contributed by atoms with Crippen LogP contribution in [0.5, 0.6) is 0 Å². The zero-order valence-electron chi connectivity index (χ0n) is 11.8. The minimum absolute atomic E-state index is 0.337. The van der Waals surface area contributed by atoms with Crippen molar-refractivity contribution in [3.05, 3.63) is 18.0 Å². The number of carbonyl (C=O) groups is 1. The van der Waals surface area contributed by atoms with Crippen molar-refractivity contribution in [2.75, 3.05) is 12.4 Å². The number of aromatic nitrogens is 2. The Hall–Kier alpha value is -1.65. The molecule has 0 saturated heterocycles. The molecule has 19 heavy (non-hydrogen) atoms. The summed E-state index contributed by atoms with van der Waals surface area (Å²) in [6.07, 6.45) is 8.75. The van der Waals surface area contributed by atoms with Crippen LogP contribution < -0.4 is 5.32 Å². The largest absolute Gasteiger partial charge is 0.467 e. The van der Waals surface area contributed by atoms with Gasteiger partial charge in [0.15, 0.2) is 0 Å². The van der Waals surface area contributed by atoms with Crippen LogP contribution in [-0.2, 0) is 9.53 Å². The molecule has 2 rings (SSSR count). The number of ether oxygens (including phenoxy) is 1. The molecule has 1 aliphatic carbocycles. The molecule has 0 unspecified atom stereocenters. The zero-order chi connectivity index (χ0) is 13.9. The molecule has 0 aliphatic heterocycles. The van der Waals surface area contributed by atoms with Crippen molar-refractivity contribution < 1.29 is 9.53 Å². The van der Waals surface area contributed by atoms with Gasteiger partial charge < -0.3 is 10.1 Å². The van der Waals surface area contributed by atoms with Gasteiger partial charge in [0.1, 0.15) is 5.54 Å². The van der Waals surface area contributed by atoms with Gasteiger partial charge in [-0.15, -0.1) is 0 Å². The summed E-state index contributed by atoms with van der Waals surface area (Å²) in [5.74, 6) is 0.718. The molecular weight excluding hydrogens is 242 g/mol. The van der Waals surface area contributed by atoms with Crippen LogP contribution in [-0.4, -0.2) is 28.6 Å². The Balaban J connectivity index is 2.04. The molecule has 0 radical (unpaired) electrons. The second kappa shape index (κ2) is 5.55. The van der Waals surface area contributed by atoms with Crippen LogP contribution >= 0.6 is 0 Å². The standard InChI is InChI=1S/C14H21N3O2/c1-14(2,12(18)19-3)17-13-15-8-11(9-16-13)10-6-4-5-7-10/h8-10H,4-7H2,1-3H3,(H,15,16,17). The highest BCUT2D eigenvalue weighted by Crippen LogP contribution is 2.33. The first-order chi connectivity index (χ1) is 9.03. The van der Waals surface area contributed by atoms with Crippen molar-refractivity contribution in [3.8, 4) is 0 Å². The molecule has 0 spiro atoms. The smallest absolute Gasteiger partial charge is 0.330 e. The molecule has 0 amide bonds. The van der Waals surface area contributed by atoms with E-state index in [1.54, 1.807) is 13.8 Å². The monoisotopic (exact) mass is 263 g/mol. The molecule has 1 heterocycles. The van der Waals surface area contributed by atoms with E-state index in [0.29, 0.717) is 11.9 Å². The van der Waals surface area contributed by atoms with Gasteiger partial charge >= 0.3 is 5.97 Å². The lowest BCUT2D eigenvalue weighted by molar-refractivity contribution is -0.144. The molecule has 1 N–H and O–H groups in total. The van der Waals surface area contributed by atoms with E-state index in [4.69, 9.17) is 4.74 Å². The molecule has 104 valence electrons. The number of anilines is 1. The van der Waals surface area contributed by atoms with Gasteiger partial charge in [0.05, 0.1) is 7.11 Å². The molecule has 1 aromatic heterocycles. The first kappa shape index (κ1) is 13.8. The van der Waals surface area contributed by atoms with Crippen molar-refractivity contribution in [1.82, 2.24) is 9.97 Å². The molecule has 1 aromatic rings. The Kier molecular flexibility index (Phi) is 4.02. The van der Waals surface area contributed by atoms with E-state index >= 15 is 0 Å². The van der Waals surface area contributed by atoms with Crippen LogP contribution in [0.25, 0.3) is 0 Å². The van der Waals surface area contributed by atoms with Crippen LogP contribution in [0, 0.1) is 0 Å². The quantitative estimate of drug-likeness (QED) is 0.845. The minimum Gasteiger partial charge on any atom is -0.467 e. The van der Waals surface area contributed by atoms with Crippen LogP contribution in [0.4, 0.5) is 5.95 Å². The molecular formula is C14H21N3O2. The Labute approximate surface area is 113 Å². The maximum atomic E-state index is 11.6. The Bertz CT molecular complexity index is 437. The number of hydrogen-bond donors (Lipinski definition) is 1. The molecule has 0 bridgehead atoms. The predicted molar refractivity (Wildman–Crippen MR) is 73.0 cm³/mol. The summed E-state index contributed by atoms with van der Waals surface area (Å²) in [5, 5.41) is 2.99. The fourth-order valence-corrected chi connectivity index (χ4v) is 2.46. The third kappa shape index (κ3) is 3.22. The van der Waals surface area contributed by atoms with Gasteiger partial charge in [0, 0.05) is 12.4 Å². The zero-order valence-corrected chi connectivity index (χ0v) is 11.8. The average Bonchev–Trinajstić information content (AvgIpc) is 2.92. The third-order valence-corrected chi connectivity index (χ3v) is 3.62. The van der Waals surface area contributed by atoms with E-state index in [-0.39, 0.29) is 5.97 Å². The van der Waals surface area contributed by atoms with Gasteiger partial charge in [-0.2, -0.15) is 0 Å². The fraction of sp³-hybridized carbons (Fsp3) is 0.643. The second-order valence-electron chi connectivity index (χ2n) is 5.56. The van der Waals surface area contributed by atoms with E-state index in [1.165, 1.54) is 38.4 Å². The first-order valence-corrected chi connectivity index (χ1v) is 6.71. The molecule has 5 heteroatoms. The fourth-order valence-electron chi connectivity index (χ4n) is 2.46. The normalized spacial score (nSPS) is 16.4. The number of esters is 1. The van der Waals surface area contributed by atoms with E-state index in [0.717, 1.165) is 0 Å². The summed E-state index contributed by atoms with van der Waals surface area (Å²) < 4.78 is 4.74. The Morgan fingerprint density at radius 3 is 2.42 bits per heavy atom. The Morgan fingerprint density at radius 2 is 1.89 bits per heavy atom. The molecule has 5 nitrogen and oxygen atoms in total. The van der Waals surface area contributed by atoms with E-state index in [1.807, 2.05) is 12.4 Å². The molecule has 0 aromatic carbocycles. The van der Waals surface area contributed by atoms with Gasteiger partial charge in [-0.05, 0) is 38.2 Å². The maximum absolute atomic E-state index is 11.6. The topological polar surface area (TPSA) is 64.1 Å². The summed E-state index contributed by atoms with van der Waals surface area (Å²) in [4.78, 5) is 20.2. The lowest BCUT2D eigenvalue weighted by atomic mass is 10.0. The first-order valence-electron chi connectivity index (χ1n) is 6.71. The number of nitrogens with zero attached hydrogens (tertiary/aromatic N) is 2. The number of rotatable bonds is 4. The Morgan fingerprint density at radius 1 is 1.32 bits per heavy atom. The summed E-state index contributed by atoms with van der Waals surface area (Å²) in [6.45, 7) is 3.49. The van der Waals surface area contributed by atoms with Gasteiger partial charge in [0.2, 0.25) is 5.95 Å². The summed E-state index contributed by atoms with van der Waals surface area (Å²) in [5.41, 5.74) is 0.364. The number of methoxy groups -OCH3 is 1. The molecule has 1 saturated carbocycles. The summed E-state index contributed by atoms with van der Waals surface area (Å²) >= 11 is 0. The van der Waals surface area contributed by atoms with Gasteiger partial charge in [0.25, 0.3) is 0 Å². The van der Waals surface area contributed by atoms with Gasteiger partial charge in [-0.1, -0.05) is 12.8 Å². The third-order valence-electron chi connectivity index (χ3n) is 3.62. The van der Waals surface area contributed by atoms with Crippen LogP contribution in [0.15, 0.2) is 12.4 Å². The van der Waals surface area contributed by atoms with E-state index < -0.39 is 5.54 Å². The van der Waals surface area contributed by atoms with Gasteiger partial charge in [-0.25, -0.2) is 14.8 Å². The summed E-state index contributed by atoms with van der Waals surface area (Å²) in [7, 11) is 1.37. The van der Waals surface area contributed by atoms with E-state index in [9.17, 15) is 4.79 Å². The second-order valence-corrected chi connectivity index (χ2v) is 5.56. The van der Waals surface area contributed by atoms with Crippen molar-refractivity contribution in [2.45, 2.75) is 51.0 Å². The SMILES string of the molecule is COC(=O)C(C)(C)Nc1ncc(C2CCCC2)cn1. The lowest BCUT2D eigenvalue weighted by Gasteiger charge is -2.23. The number of carbonyl (C=O) groups excluding carboxylic acids is 1. The average molecular weight is 263 g/mol. The van der Waals surface area contributed by atoms with E-state index in [2.05, 4.69) is 15.3 Å². The van der Waals surface area contributed by atoms with Crippen molar-refractivity contribution in [1.29, 1.82) is 0 Å². The highest BCUT2D eigenvalue weighted by molar-refractivity contribution is 5.82. The maximum Gasteiger partial charge on any atom is 0.330 e. The number of hydrogen-bond acceptors (Lipinski definition) is 5. The van der Waals surface area contributed by atoms with Crippen LogP contribution in [0.3, 0.4) is 0 Å². The highest BCUT2D eigenvalue weighted by Gasteiger charge is 2.29. The van der Waals surface area contributed by atoms with Crippen LogP contribution in [0.1, 0.15) is 51.0 Å². The molecule has 1 fully saturated rings. The summed E-state index contributed by atoms with van der Waals surface area (Å²) in [6, 6.07) is 0. The lowest BCUT2D eigenvalue weighted by Crippen LogP contribution is -2.41. The minimum atomic E-state index is -0.830. The highest BCUT2D eigenvalue weighted by atomic mass is 16.5.